The minimum Gasteiger partial charge on any atom is -0.478 e. The molecule has 0 atom stereocenters. The van der Waals surface area contributed by atoms with Crippen molar-refractivity contribution >= 4 is 46.9 Å². The van der Waals surface area contributed by atoms with Gasteiger partial charge in [0.15, 0.2) is 5.11 Å². The first-order chi connectivity index (χ1) is 14.8. The zero-order valence-electron chi connectivity index (χ0n) is 15.8. The van der Waals surface area contributed by atoms with Gasteiger partial charge in [-0.25, -0.2) is 9.18 Å². The zero-order valence-corrected chi connectivity index (χ0v) is 16.6. The minimum atomic E-state index is -1.04. The number of nitrogens with one attached hydrogen (secondary N) is 1. The summed E-state index contributed by atoms with van der Waals surface area (Å²) in [4.78, 5) is 37.7. The average molecular weight is 435 g/mol. The highest BCUT2D eigenvalue weighted by atomic mass is 32.1. The molecule has 0 aliphatic carbocycles. The van der Waals surface area contributed by atoms with Crippen molar-refractivity contribution in [2.75, 3.05) is 4.90 Å². The lowest BCUT2D eigenvalue weighted by Crippen LogP contribution is -2.54. The Morgan fingerprint density at radius 2 is 1.65 bits per heavy atom. The van der Waals surface area contributed by atoms with Crippen LogP contribution in [-0.2, 0) is 9.59 Å². The first-order valence-corrected chi connectivity index (χ1v) is 9.44. The summed E-state index contributed by atoms with van der Waals surface area (Å²) in [7, 11) is 0. The summed E-state index contributed by atoms with van der Waals surface area (Å²) in [5, 5.41) is 11.4. The molecule has 3 aromatic rings. The van der Waals surface area contributed by atoms with E-state index in [1.165, 1.54) is 42.5 Å². The smallest absolute Gasteiger partial charge is 0.335 e. The van der Waals surface area contributed by atoms with Crippen LogP contribution in [-0.4, -0.2) is 32.6 Å². The second kappa shape index (κ2) is 7.96. The molecule has 0 unspecified atom stereocenters. The molecule has 2 aromatic carbocycles. The standard InChI is InChI=1S/C22H14FN3O4S/c23-14-5-9-16(10-6-14)26-20(28)18(19(27)24-22(26)31)12-17-2-1-11-25(17)15-7-3-13(4-8-15)21(29)30/h1-12H,(H,29,30)(H,24,27,31)/b18-12+. The molecule has 2 amide bonds. The van der Waals surface area contributed by atoms with E-state index in [2.05, 4.69) is 5.32 Å². The molecule has 9 heteroatoms. The van der Waals surface area contributed by atoms with Crippen LogP contribution >= 0.6 is 12.2 Å². The minimum absolute atomic E-state index is 0.0987. The van der Waals surface area contributed by atoms with Crippen LogP contribution < -0.4 is 10.2 Å². The lowest BCUT2D eigenvalue weighted by molar-refractivity contribution is -0.122. The average Bonchev–Trinajstić information content (AvgIpc) is 3.20. The SMILES string of the molecule is O=C1NC(=S)N(c2ccc(F)cc2)C(=O)/C1=C/c1cccn1-c1ccc(C(=O)O)cc1. The second-order valence-corrected chi connectivity index (χ2v) is 6.98. The van der Waals surface area contributed by atoms with Crippen LogP contribution in [0.1, 0.15) is 16.1 Å². The van der Waals surface area contributed by atoms with Crippen molar-refractivity contribution in [3.05, 3.63) is 89.5 Å². The van der Waals surface area contributed by atoms with Crippen molar-refractivity contribution in [1.82, 2.24) is 9.88 Å². The van der Waals surface area contributed by atoms with Gasteiger partial charge in [-0.05, 0) is 79.0 Å². The molecule has 0 saturated carbocycles. The highest BCUT2D eigenvalue weighted by Gasteiger charge is 2.34. The number of nitrogens with zero attached hydrogens (tertiary/aromatic N) is 2. The number of hydrogen-bond acceptors (Lipinski definition) is 4. The van der Waals surface area contributed by atoms with Gasteiger partial charge in [0.05, 0.1) is 11.3 Å². The predicted octanol–water partition coefficient (Wildman–Crippen LogP) is 3.15. The fourth-order valence-corrected chi connectivity index (χ4v) is 3.42. The maximum Gasteiger partial charge on any atom is 0.335 e. The number of halogens is 1. The van der Waals surface area contributed by atoms with Crippen LogP contribution in [0.25, 0.3) is 11.8 Å². The van der Waals surface area contributed by atoms with E-state index in [9.17, 15) is 18.8 Å². The van der Waals surface area contributed by atoms with Gasteiger partial charge in [-0.2, -0.15) is 0 Å². The van der Waals surface area contributed by atoms with E-state index < -0.39 is 23.6 Å². The summed E-state index contributed by atoms with van der Waals surface area (Å²) >= 11 is 5.13. The lowest BCUT2D eigenvalue weighted by atomic mass is 10.1. The molecule has 0 spiro atoms. The summed E-state index contributed by atoms with van der Waals surface area (Å²) in [6.45, 7) is 0. The normalized spacial score (nSPS) is 15.3. The lowest BCUT2D eigenvalue weighted by Gasteiger charge is -2.28. The molecule has 0 radical (unpaired) electrons. The summed E-state index contributed by atoms with van der Waals surface area (Å²) < 4.78 is 15.0. The molecule has 0 bridgehead atoms. The Balaban J connectivity index is 1.71. The van der Waals surface area contributed by atoms with Crippen LogP contribution in [0, 0.1) is 5.82 Å². The molecule has 1 aliphatic heterocycles. The number of rotatable bonds is 4. The molecule has 31 heavy (non-hydrogen) atoms. The number of anilines is 1. The topological polar surface area (TPSA) is 91.6 Å². The predicted molar refractivity (Wildman–Crippen MR) is 115 cm³/mol. The van der Waals surface area contributed by atoms with Crippen LogP contribution in [0.3, 0.4) is 0 Å². The van der Waals surface area contributed by atoms with Gasteiger partial charge >= 0.3 is 5.97 Å². The van der Waals surface area contributed by atoms with E-state index in [-0.39, 0.29) is 16.2 Å². The molecule has 1 fully saturated rings. The quantitative estimate of drug-likeness (QED) is 0.373. The van der Waals surface area contributed by atoms with Crippen LogP contribution in [0.5, 0.6) is 0 Å². The molecule has 7 nitrogen and oxygen atoms in total. The zero-order chi connectivity index (χ0) is 22.1. The number of amides is 2. The number of carboxylic acid groups (broad SMARTS) is 1. The van der Waals surface area contributed by atoms with Gasteiger partial charge in [-0.1, -0.05) is 0 Å². The Morgan fingerprint density at radius 3 is 2.29 bits per heavy atom. The van der Waals surface area contributed by atoms with Crippen molar-refractivity contribution in [2.45, 2.75) is 0 Å². The summed E-state index contributed by atoms with van der Waals surface area (Å²) in [5.74, 6) is -2.80. The largest absolute Gasteiger partial charge is 0.478 e. The van der Waals surface area contributed by atoms with E-state index in [4.69, 9.17) is 17.3 Å². The molecule has 1 aromatic heterocycles. The van der Waals surface area contributed by atoms with Crippen molar-refractivity contribution in [3.8, 4) is 5.69 Å². The van der Waals surface area contributed by atoms with Crippen LogP contribution in [0.2, 0.25) is 0 Å². The van der Waals surface area contributed by atoms with Crippen molar-refractivity contribution in [3.63, 3.8) is 0 Å². The molecule has 1 aliphatic rings. The third kappa shape index (κ3) is 3.86. The Morgan fingerprint density at radius 1 is 1.00 bits per heavy atom. The Hall–Kier alpha value is -4.11. The second-order valence-electron chi connectivity index (χ2n) is 6.59. The Kier molecular flexibility index (Phi) is 5.18. The number of carboxylic acids is 1. The molecule has 2 heterocycles. The number of aromatic carboxylic acids is 1. The van der Waals surface area contributed by atoms with Gasteiger partial charge in [0, 0.05) is 17.6 Å². The van der Waals surface area contributed by atoms with E-state index in [0.29, 0.717) is 17.1 Å². The molecular weight excluding hydrogens is 421 g/mol. The van der Waals surface area contributed by atoms with Crippen molar-refractivity contribution < 1.29 is 23.9 Å². The molecule has 1 saturated heterocycles. The number of aromatic nitrogens is 1. The number of hydrogen-bond donors (Lipinski definition) is 2. The van der Waals surface area contributed by atoms with Gasteiger partial charge in [0.1, 0.15) is 11.4 Å². The van der Waals surface area contributed by atoms with Gasteiger partial charge < -0.3 is 9.67 Å². The maximum absolute atomic E-state index is 13.3. The third-order valence-corrected chi connectivity index (χ3v) is 4.94. The Bertz CT molecular complexity index is 1250. The monoisotopic (exact) mass is 435 g/mol. The van der Waals surface area contributed by atoms with Crippen molar-refractivity contribution in [1.29, 1.82) is 0 Å². The van der Waals surface area contributed by atoms with E-state index in [1.54, 1.807) is 35.0 Å². The molecule has 154 valence electrons. The number of carbonyl (C=O) groups excluding carboxylic acids is 2. The van der Waals surface area contributed by atoms with E-state index in [1.807, 2.05) is 0 Å². The Labute approximate surface area is 181 Å². The fourth-order valence-electron chi connectivity index (χ4n) is 3.14. The summed E-state index contributed by atoms with van der Waals surface area (Å²) in [6.07, 6.45) is 3.14. The van der Waals surface area contributed by atoms with E-state index >= 15 is 0 Å². The molecule has 2 N–H and O–H groups in total. The van der Waals surface area contributed by atoms with Crippen LogP contribution in [0.15, 0.2) is 72.4 Å². The number of carbonyl (C=O) groups is 3. The van der Waals surface area contributed by atoms with Gasteiger partial charge in [-0.3, -0.25) is 19.8 Å². The molecular formula is C22H14FN3O4S. The van der Waals surface area contributed by atoms with Gasteiger partial charge in [0.2, 0.25) is 0 Å². The maximum atomic E-state index is 13.3. The summed E-state index contributed by atoms with van der Waals surface area (Å²) in [5.41, 5.74) is 1.48. The number of thiocarbonyl (C=S) groups is 1. The highest BCUT2D eigenvalue weighted by Crippen LogP contribution is 2.23. The molecule has 4 rings (SSSR count). The van der Waals surface area contributed by atoms with Crippen LogP contribution in [0.4, 0.5) is 10.1 Å². The first-order valence-electron chi connectivity index (χ1n) is 9.03. The van der Waals surface area contributed by atoms with Gasteiger partial charge in [0.25, 0.3) is 11.8 Å². The number of benzene rings is 2. The van der Waals surface area contributed by atoms with Crippen molar-refractivity contribution in [2.24, 2.45) is 0 Å². The fraction of sp³-hybridized carbons (Fsp3) is 0. The third-order valence-electron chi connectivity index (χ3n) is 4.65. The van der Waals surface area contributed by atoms with E-state index in [0.717, 1.165) is 4.90 Å². The summed E-state index contributed by atoms with van der Waals surface area (Å²) in [6, 6.07) is 14.8. The van der Waals surface area contributed by atoms with Gasteiger partial charge in [-0.15, -0.1) is 0 Å². The first kappa shape index (κ1) is 20.2. The highest BCUT2D eigenvalue weighted by molar-refractivity contribution is 7.80.